The maximum Gasteiger partial charge on any atom is 0.416 e. The predicted octanol–water partition coefficient (Wildman–Crippen LogP) is 5.90. The Bertz CT molecular complexity index is 1230. The quantitative estimate of drug-likeness (QED) is 0.314. The molecule has 3 atom stereocenters. The van der Waals surface area contributed by atoms with Crippen LogP contribution in [0.3, 0.4) is 0 Å². The second-order valence-corrected chi connectivity index (χ2v) is 10.4. The highest BCUT2D eigenvalue weighted by atomic mass is 19.4. The molecule has 41 heavy (non-hydrogen) atoms. The molecule has 1 heterocycles. The Morgan fingerprint density at radius 2 is 1.83 bits per heavy atom. The van der Waals surface area contributed by atoms with Gasteiger partial charge in [-0.3, -0.25) is 19.5 Å². The summed E-state index contributed by atoms with van der Waals surface area (Å²) in [6.07, 6.45) is -1.25. The number of nitrogens with zero attached hydrogens (tertiary/aromatic N) is 3. The van der Waals surface area contributed by atoms with Gasteiger partial charge in [-0.05, 0) is 69.5 Å². The highest BCUT2D eigenvalue weighted by molar-refractivity contribution is 6.21. The third kappa shape index (κ3) is 7.28. The van der Waals surface area contributed by atoms with E-state index in [1.54, 1.807) is 21.9 Å². The molecule has 2 aliphatic rings. The molecule has 7 nitrogen and oxygen atoms in total. The van der Waals surface area contributed by atoms with Crippen molar-refractivity contribution >= 4 is 23.3 Å². The van der Waals surface area contributed by atoms with Crippen molar-refractivity contribution in [1.82, 2.24) is 4.90 Å². The molecule has 2 aromatic carbocycles. The van der Waals surface area contributed by atoms with Crippen LogP contribution in [-0.4, -0.2) is 61.0 Å². The van der Waals surface area contributed by atoms with Gasteiger partial charge in [0.15, 0.2) is 0 Å². The van der Waals surface area contributed by atoms with Gasteiger partial charge in [-0.25, -0.2) is 0 Å². The zero-order valence-corrected chi connectivity index (χ0v) is 23.8. The number of hydrogen-bond donors (Lipinski definition) is 0. The number of fused-ring (bicyclic) bond motifs is 1. The summed E-state index contributed by atoms with van der Waals surface area (Å²) in [4.78, 5) is 35.9. The van der Waals surface area contributed by atoms with Gasteiger partial charge in [0.05, 0.1) is 48.9 Å². The van der Waals surface area contributed by atoms with E-state index in [-0.39, 0.29) is 48.9 Å². The number of hydrogen-bond acceptors (Lipinski definition) is 5. The average molecular weight is 574 g/mol. The third-order valence-electron chi connectivity index (χ3n) is 7.65. The van der Waals surface area contributed by atoms with Gasteiger partial charge in [-0.2, -0.15) is 13.2 Å². The molecule has 2 aromatic rings. The van der Waals surface area contributed by atoms with Crippen LogP contribution < -0.4 is 9.64 Å². The number of carbonyl (C=O) groups excluding carboxylic acids is 2. The van der Waals surface area contributed by atoms with Gasteiger partial charge < -0.3 is 14.4 Å². The number of anilines is 1. The summed E-state index contributed by atoms with van der Waals surface area (Å²) in [5, 5.41) is 0. The number of aliphatic imine (C=N–C) groups is 1. The van der Waals surface area contributed by atoms with Gasteiger partial charge in [-0.15, -0.1) is 0 Å². The van der Waals surface area contributed by atoms with Crippen molar-refractivity contribution in [2.45, 2.75) is 71.1 Å². The Morgan fingerprint density at radius 3 is 2.51 bits per heavy atom. The zero-order valence-electron chi connectivity index (χ0n) is 23.8. The number of benzene rings is 2. The van der Waals surface area contributed by atoms with Crippen LogP contribution in [0.1, 0.15) is 57.6 Å². The van der Waals surface area contributed by atoms with Gasteiger partial charge in [0, 0.05) is 13.2 Å². The number of amidine groups is 1. The molecular weight excluding hydrogens is 535 g/mol. The monoisotopic (exact) mass is 573 g/mol. The Labute approximate surface area is 239 Å². The fourth-order valence-corrected chi connectivity index (χ4v) is 5.59. The molecule has 1 saturated carbocycles. The number of halogens is 3. The fraction of sp³-hybridized carbons (Fsp3) is 0.516. The third-order valence-corrected chi connectivity index (χ3v) is 7.65. The van der Waals surface area contributed by atoms with Gasteiger partial charge in [0.25, 0.3) is 0 Å². The average Bonchev–Trinajstić information content (AvgIpc) is 2.95. The van der Waals surface area contributed by atoms with Crippen LogP contribution >= 0.6 is 0 Å². The molecule has 3 unspecified atom stereocenters. The first-order valence-electron chi connectivity index (χ1n) is 14.3. The molecule has 0 radical (unpaired) electrons. The van der Waals surface area contributed by atoms with Crippen LogP contribution in [0.25, 0.3) is 0 Å². The lowest BCUT2D eigenvalue weighted by molar-refractivity contribution is -0.138. The molecule has 0 N–H and O–H groups in total. The van der Waals surface area contributed by atoms with E-state index in [9.17, 15) is 22.8 Å². The van der Waals surface area contributed by atoms with Crippen molar-refractivity contribution in [3.63, 3.8) is 0 Å². The molecule has 1 fully saturated rings. The SMILES string of the molecule is CCOCCN(C(=O)Cc1cccc(C(F)(F)F)c1)C(C)C1=NC2CCCCC2C(=O)N1c1ccc(OCC)cc1. The first-order valence-corrected chi connectivity index (χ1v) is 14.3. The minimum absolute atomic E-state index is 0.0502. The van der Waals surface area contributed by atoms with Gasteiger partial charge in [0.1, 0.15) is 11.6 Å². The summed E-state index contributed by atoms with van der Waals surface area (Å²) in [7, 11) is 0. The van der Waals surface area contributed by atoms with Crippen molar-refractivity contribution < 1.29 is 32.2 Å². The van der Waals surface area contributed by atoms with Crippen molar-refractivity contribution in [1.29, 1.82) is 0 Å². The summed E-state index contributed by atoms with van der Waals surface area (Å²) in [6.45, 7) is 6.96. The highest BCUT2D eigenvalue weighted by Gasteiger charge is 2.43. The van der Waals surface area contributed by atoms with Crippen LogP contribution in [0.5, 0.6) is 5.75 Å². The van der Waals surface area contributed by atoms with E-state index in [1.165, 1.54) is 12.1 Å². The summed E-state index contributed by atoms with van der Waals surface area (Å²) in [5.41, 5.74) is 0.0861. The number of ether oxygens (including phenoxy) is 2. The van der Waals surface area contributed by atoms with Crippen LogP contribution in [-0.2, 0) is 26.9 Å². The van der Waals surface area contributed by atoms with E-state index in [0.717, 1.165) is 37.8 Å². The van der Waals surface area contributed by atoms with E-state index >= 15 is 0 Å². The molecule has 222 valence electrons. The lowest BCUT2D eigenvalue weighted by Crippen LogP contribution is -2.58. The Morgan fingerprint density at radius 1 is 1.10 bits per heavy atom. The van der Waals surface area contributed by atoms with Gasteiger partial charge >= 0.3 is 6.18 Å². The van der Waals surface area contributed by atoms with E-state index in [0.29, 0.717) is 30.5 Å². The minimum atomic E-state index is -4.51. The fourth-order valence-electron chi connectivity index (χ4n) is 5.59. The Balaban J connectivity index is 1.68. The molecule has 1 aliphatic carbocycles. The molecule has 0 bridgehead atoms. The second-order valence-electron chi connectivity index (χ2n) is 10.4. The standard InChI is InChI=1S/C31H38F3N3O4/c1-4-40-18-17-36(28(38)20-22-9-8-10-23(19-22)31(32,33)34)21(3)29-35-27-12-7-6-11-26(27)30(39)37(29)24-13-15-25(16-14-24)41-5-2/h8-10,13-16,19,21,26-27H,4-7,11-12,17-18,20H2,1-3H3. The van der Waals surface area contributed by atoms with Crippen LogP contribution in [0.15, 0.2) is 53.5 Å². The second kappa shape index (κ2) is 13.5. The summed E-state index contributed by atoms with van der Waals surface area (Å²) in [6, 6.07) is 11.2. The molecule has 0 aromatic heterocycles. The predicted molar refractivity (Wildman–Crippen MR) is 151 cm³/mol. The Hall–Kier alpha value is -3.40. The number of rotatable bonds is 11. The minimum Gasteiger partial charge on any atom is -0.494 e. The maximum absolute atomic E-state index is 13.9. The highest BCUT2D eigenvalue weighted by Crippen LogP contribution is 2.36. The first-order chi connectivity index (χ1) is 19.6. The number of carbonyl (C=O) groups is 2. The summed E-state index contributed by atoms with van der Waals surface area (Å²) in [5.74, 6) is 0.479. The number of amides is 2. The smallest absolute Gasteiger partial charge is 0.416 e. The van der Waals surface area contributed by atoms with Crippen molar-refractivity contribution in [2.24, 2.45) is 10.9 Å². The summed E-state index contributed by atoms with van der Waals surface area (Å²) >= 11 is 0. The lowest BCUT2D eigenvalue weighted by atomic mass is 9.82. The number of alkyl halides is 3. The molecular formula is C31H38F3N3O4. The molecule has 2 amide bonds. The van der Waals surface area contributed by atoms with Gasteiger partial charge in [-0.1, -0.05) is 31.0 Å². The van der Waals surface area contributed by atoms with E-state index in [4.69, 9.17) is 14.5 Å². The molecule has 1 aliphatic heterocycles. The molecule has 0 saturated heterocycles. The van der Waals surface area contributed by atoms with E-state index in [2.05, 4.69) is 0 Å². The molecule has 4 rings (SSSR count). The van der Waals surface area contributed by atoms with Crippen LogP contribution in [0.2, 0.25) is 0 Å². The Kier molecular flexibility index (Phi) is 10.1. The van der Waals surface area contributed by atoms with Crippen molar-refractivity contribution in [3.05, 3.63) is 59.7 Å². The van der Waals surface area contributed by atoms with E-state index < -0.39 is 17.8 Å². The normalized spacial score (nSPS) is 19.8. The molecule has 10 heteroatoms. The van der Waals surface area contributed by atoms with Crippen molar-refractivity contribution in [3.8, 4) is 5.75 Å². The van der Waals surface area contributed by atoms with Crippen LogP contribution in [0, 0.1) is 5.92 Å². The van der Waals surface area contributed by atoms with E-state index in [1.807, 2.05) is 32.9 Å². The lowest BCUT2D eigenvalue weighted by Gasteiger charge is -2.42. The topological polar surface area (TPSA) is 71.4 Å². The molecule has 0 spiro atoms. The maximum atomic E-state index is 13.9. The van der Waals surface area contributed by atoms with Gasteiger partial charge in [0.2, 0.25) is 11.8 Å². The van der Waals surface area contributed by atoms with Crippen molar-refractivity contribution in [2.75, 3.05) is 31.3 Å². The summed E-state index contributed by atoms with van der Waals surface area (Å²) < 4.78 is 51.1. The van der Waals surface area contributed by atoms with Crippen LogP contribution in [0.4, 0.5) is 18.9 Å². The first kappa shape index (κ1) is 30.6. The largest absolute Gasteiger partial charge is 0.494 e. The zero-order chi connectivity index (χ0) is 29.6.